The molecule has 0 saturated carbocycles. The number of nitrogen functional groups attached to an aromatic ring is 1. The highest BCUT2D eigenvalue weighted by atomic mass is 19.1. The third-order valence-corrected chi connectivity index (χ3v) is 2.78. The van der Waals surface area contributed by atoms with Crippen LogP contribution in [-0.4, -0.2) is 15.6 Å². The van der Waals surface area contributed by atoms with Crippen molar-refractivity contribution < 1.29 is 4.39 Å². The number of nitrogens with two attached hydrogens (primary N) is 1. The molecule has 1 aromatic carbocycles. The smallest absolute Gasteiger partial charge is 0.128 e. The molecule has 3 N–H and O–H groups in total. The standard InChI is InChI=1S/C13H17FN4/c1-9-5-13(12(15)6-11(9)14)17-10(2)7-18-4-3-16-8-18/h3-6,8,10,17H,7,15H2,1-2H3. The van der Waals surface area contributed by atoms with Crippen molar-refractivity contribution >= 4 is 11.4 Å². The highest BCUT2D eigenvalue weighted by Crippen LogP contribution is 2.23. The monoisotopic (exact) mass is 248 g/mol. The molecular weight excluding hydrogens is 231 g/mol. The quantitative estimate of drug-likeness (QED) is 0.817. The zero-order chi connectivity index (χ0) is 13.1. The van der Waals surface area contributed by atoms with Crippen molar-refractivity contribution in [1.29, 1.82) is 0 Å². The van der Waals surface area contributed by atoms with E-state index >= 15 is 0 Å². The Morgan fingerprint density at radius 2 is 2.28 bits per heavy atom. The molecule has 18 heavy (non-hydrogen) atoms. The zero-order valence-corrected chi connectivity index (χ0v) is 10.5. The lowest BCUT2D eigenvalue weighted by molar-refractivity contribution is 0.613. The van der Waals surface area contributed by atoms with E-state index in [4.69, 9.17) is 5.73 Å². The molecule has 0 saturated heterocycles. The van der Waals surface area contributed by atoms with E-state index in [9.17, 15) is 4.39 Å². The lowest BCUT2D eigenvalue weighted by Gasteiger charge is -2.18. The molecule has 1 aromatic heterocycles. The summed E-state index contributed by atoms with van der Waals surface area (Å²) in [5.74, 6) is -0.277. The molecule has 0 amide bonds. The Labute approximate surface area is 106 Å². The van der Waals surface area contributed by atoms with Gasteiger partial charge in [-0.25, -0.2) is 9.37 Å². The highest BCUT2D eigenvalue weighted by Gasteiger charge is 2.08. The second kappa shape index (κ2) is 5.08. The van der Waals surface area contributed by atoms with Gasteiger partial charge in [0, 0.05) is 25.0 Å². The molecule has 0 aliphatic rings. The predicted molar refractivity (Wildman–Crippen MR) is 70.9 cm³/mol. The van der Waals surface area contributed by atoms with E-state index in [0.717, 1.165) is 12.2 Å². The van der Waals surface area contributed by atoms with Crippen molar-refractivity contribution in [2.24, 2.45) is 0 Å². The Hall–Kier alpha value is -2.04. The van der Waals surface area contributed by atoms with Crippen LogP contribution in [0.25, 0.3) is 0 Å². The number of imidazole rings is 1. The van der Waals surface area contributed by atoms with Crippen LogP contribution in [0, 0.1) is 12.7 Å². The van der Waals surface area contributed by atoms with Gasteiger partial charge in [0.05, 0.1) is 17.7 Å². The number of aromatic nitrogens is 2. The summed E-state index contributed by atoms with van der Waals surface area (Å²) in [6, 6.07) is 3.25. The Morgan fingerprint density at radius 1 is 1.50 bits per heavy atom. The lowest BCUT2D eigenvalue weighted by Crippen LogP contribution is -2.22. The minimum absolute atomic E-state index is 0.173. The molecule has 0 spiro atoms. The Kier molecular flexibility index (Phi) is 3.50. The van der Waals surface area contributed by atoms with Crippen molar-refractivity contribution in [3.63, 3.8) is 0 Å². The molecule has 0 radical (unpaired) electrons. The van der Waals surface area contributed by atoms with Crippen molar-refractivity contribution in [1.82, 2.24) is 9.55 Å². The van der Waals surface area contributed by atoms with Crippen molar-refractivity contribution in [3.05, 3.63) is 42.2 Å². The highest BCUT2D eigenvalue weighted by molar-refractivity contribution is 5.67. The number of hydrogen-bond donors (Lipinski definition) is 2. The summed E-state index contributed by atoms with van der Waals surface area (Å²) in [6.07, 6.45) is 5.40. The topological polar surface area (TPSA) is 55.9 Å². The van der Waals surface area contributed by atoms with Crippen LogP contribution in [0.15, 0.2) is 30.9 Å². The van der Waals surface area contributed by atoms with Gasteiger partial charge in [0.1, 0.15) is 5.82 Å². The fourth-order valence-electron chi connectivity index (χ4n) is 1.84. The molecule has 1 heterocycles. The van der Waals surface area contributed by atoms with E-state index in [1.54, 1.807) is 25.5 Å². The summed E-state index contributed by atoms with van der Waals surface area (Å²) in [6.45, 7) is 4.54. The molecule has 0 aliphatic heterocycles. The Bertz CT molecular complexity index is 522. The van der Waals surface area contributed by atoms with Gasteiger partial charge in [-0.3, -0.25) is 0 Å². The Balaban J connectivity index is 2.07. The van der Waals surface area contributed by atoms with Crippen LogP contribution in [0.4, 0.5) is 15.8 Å². The summed E-state index contributed by atoms with van der Waals surface area (Å²) in [5, 5.41) is 3.28. The molecule has 5 heteroatoms. The molecule has 1 atom stereocenters. The van der Waals surface area contributed by atoms with E-state index in [2.05, 4.69) is 10.3 Å². The normalized spacial score (nSPS) is 12.4. The summed E-state index contributed by atoms with van der Waals surface area (Å²) in [7, 11) is 0. The average molecular weight is 248 g/mol. The van der Waals surface area contributed by atoms with E-state index in [1.807, 2.05) is 17.7 Å². The van der Waals surface area contributed by atoms with Crippen LogP contribution in [0.2, 0.25) is 0 Å². The van der Waals surface area contributed by atoms with Crippen LogP contribution >= 0.6 is 0 Å². The first kappa shape index (κ1) is 12.4. The maximum Gasteiger partial charge on any atom is 0.128 e. The molecule has 96 valence electrons. The van der Waals surface area contributed by atoms with Gasteiger partial charge >= 0.3 is 0 Å². The number of halogens is 1. The fourth-order valence-corrected chi connectivity index (χ4v) is 1.84. The summed E-state index contributed by atoms with van der Waals surface area (Å²) < 4.78 is 15.3. The van der Waals surface area contributed by atoms with Gasteiger partial charge in [0.2, 0.25) is 0 Å². The lowest BCUT2D eigenvalue weighted by atomic mass is 10.1. The molecule has 2 rings (SSSR count). The number of anilines is 2. The average Bonchev–Trinajstić information content (AvgIpc) is 2.78. The van der Waals surface area contributed by atoms with E-state index in [1.165, 1.54) is 6.07 Å². The summed E-state index contributed by atoms with van der Waals surface area (Å²) in [4.78, 5) is 3.99. The van der Waals surface area contributed by atoms with Gasteiger partial charge in [0.25, 0.3) is 0 Å². The number of benzene rings is 1. The van der Waals surface area contributed by atoms with Crippen molar-refractivity contribution in [3.8, 4) is 0 Å². The minimum atomic E-state index is -0.277. The van der Waals surface area contributed by atoms with Gasteiger partial charge in [-0.1, -0.05) is 0 Å². The van der Waals surface area contributed by atoms with Gasteiger partial charge in [-0.15, -0.1) is 0 Å². The van der Waals surface area contributed by atoms with E-state index in [-0.39, 0.29) is 11.9 Å². The van der Waals surface area contributed by atoms with Crippen LogP contribution in [0.1, 0.15) is 12.5 Å². The van der Waals surface area contributed by atoms with E-state index < -0.39 is 0 Å². The van der Waals surface area contributed by atoms with Gasteiger partial charge in [-0.2, -0.15) is 0 Å². The molecule has 0 aliphatic carbocycles. The third kappa shape index (κ3) is 2.80. The summed E-state index contributed by atoms with van der Waals surface area (Å²) in [5.41, 5.74) is 7.57. The molecule has 0 fully saturated rings. The molecule has 1 unspecified atom stereocenters. The maximum atomic E-state index is 13.3. The first-order chi connectivity index (χ1) is 8.56. The molecule has 0 bridgehead atoms. The maximum absolute atomic E-state index is 13.3. The predicted octanol–water partition coefficient (Wildman–Crippen LogP) is 2.41. The zero-order valence-electron chi connectivity index (χ0n) is 10.5. The van der Waals surface area contributed by atoms with E-state index in [0.29, 0.717) is 11.3 Å². The first-order valence-corrected chi connectivity index (χ1v) is 5.84. The van der Waals surface area contributed by atoms with Gasteiger partial charge in [0.15, 0.2) is 0 Å². The van der Waals surface area contributed by atoms with Crippen molar-refractivity contribution in [2.45, 2.75) is 26.4 Å². The summed E-state index contributed by atoms with van der Waals surface area (Å²) >= 11 is 0. The van der Waals surface area contributed by atoms with Gasteiger partial charge < -0.3 is 15.6 Å². The van der Waals surface area contributed by atoms with Gasteiger partial charge in [-0.05, 0) is 31.5 Å². The second-order valence-corrected chi connectivity index (χ2v) is 4.49. The molecule has 4 nitrogen and oxygen atoms in total. The fraction of sp³-hybridized carbons (Fsp3) is 0.308. The minimum Gasteiger partial charge on any atom is -0.397 e. The third-order valence-electron chi connectivity index (χ3n) is 2.78. The van der Waals surface area contributed by atoms with Crippen LogP contribution in [0.3, 0.4) is 0 Å². The van der Waals surface area contributed by atoms with Crippen LogP contribution in [0.5, 0.6) is 0 Å². The largest absolute Gasteiger partial charge is 0.397 e. The molecular formula is C13H17FN4. The second-order valence-electron chi connectivity index (χ2n) is 4.49. The van der Waals surface area contributed by atoms with Crippen LogP contribution in [-0.2, 0) is 6.54 Å². The SMILES string of the molecule is Cc1cc(NC(C)Cn2ccnc2)c(N)cc1F. The number of rotatable bonds is 4. The van der Waals surface area contributed by atoms with Crippen LogP contribution < -0.4 is 11.1 Å². The number of nitrogens with zero attached hydrogens (tertiary/aromatic N) is 2. The number of hydrogen-bond acceptors (Lipinski definition) is 3. The van der Waals surface area contributed by atoms with Crippen molar-refractivity contribution in [2.75, 3.05) is 11.1 Å². The molecule has 2 aromatic rings. The number of aryl methyl sites for hydroxylation is 1. The Morgan fingerprint density at radius 3 is 2.94 bits per heavy atom. The number of nitrogens with one attached hydrogen (secondary N) is 1. The first-order valence-electron chi connectivity index (χ1n) is 5.84.